The fraction of sp³-hybridized carbons (Fsp3) is 0.474. The van der Waals surface area contributed by atoms with Gasteiger partial charge in [-0.1, -0.05) is 12.1 Å². The van der Waals surface area contributed by atoms with Crippen LogP contribution in [-0.2, 0) is 16.4 Å². The third-order valence-electron chi connectivity index (χ3n) is 5.04. The van der Waals surface area contributed by atoms with Crippen LogP contribution >= 0.6 is 12.2 Å². The molecule has 1 saturated heterocycles. The molecule has 0 amide bonds. The first kappa shape index (κ1) is 19.8. The molecule has 1 fully saturated rings. The number of benzene rings is 1. The lowest BCUT2D eigenvalue weighted by atomic mass is 10.1. The highest BCUT2D eigenvalue weighted by molar-refractivity contribution is 7.91. The predicted molar refractivity (Wildman–Crippen MR) is 113 cm³/mol. The zero-order valence-electron chi connectivity index (χ0n) is 16.2. The maximum Gasteiger partial charge on any atom is 0.173 e. The molecule has 3 rings (SSSR count). The summed E-state index contributed by atoms with van der Waals surface area (Å²) in [6, 6.07) is 8.01. The van der Waals surface area contributed by atoms with Gasteiger partial charge in [-0.15, -0.1) is 0 Å². The van der Waals surface area contributed by atoms with Crippen LogP contribution in [0.1, 0.15) is 35.0 Å². The second-order valence-corrected chi connectivity index (χ2v) is 9.92. The first-order valence-corrected chi connectivity index (χ1v) is 11.2. The van der Waals surface area contributed by atoms with Crippen molar-refractivity contribution >= 4 is 32.9 Å². The number of nitrogens with one attached hydrogen (secondary N) is 1. The summed E-state index contributed by atoms with van der Waals surface area (Å²) in [4.78, 5) is 1.98. The Balaban J connectivity index is 1.72. The minimum absolute atomic E-state index is 0.0647. The fourth-order valence-electron chi connectivity index (χ4n) is 3.50. The van der Waals surface area contributed by atoms with Crippen LogP contribution in [0.3, 0.4) is 0 Å². The number of thiocarbonyl (C=S) groups is 1. The van der Waals surface area contributed by atoms with Crippen molar-refractivity contribution in [3.63, 3.8) is 0 Å². The standard InChI is InChI=1S/C19H26N4O2S2/c1-13-6-5-7-16(10-13)20-19(26)22(4)11-18-14(2)21-23(15(18)3)17-8-9-27(24,25)12-17/h5-7,10,17H,8-9,11-12H2,1-4H3,(H,20,26)/t17-/m1/s1. The van der Waals surface area contributed by atoms with E-state index in [2.05, 4.69) is 16.5 Å². The molecule has 8 heteroatoms. The second-order valence-electron chi connectivity index (χ2n) is 7.31. The smallest absolute Gasteiger partial charge is 0.173 e. The molecular formula is C19H26N4O2S2. The molecule has 0 bridgehead atoms. The molecule has 1 aromatic carbocycles. The van der Waals surface area contributed by atoms with E-state index in [-0.39, 0.29) is 17.5 Å². The number of aromatic nitrogens is 2. The molecule has 6 nitrogen and oxygen atoms in total. The molecule has 1 aliphatic heterocycles. The van der Waals surface area contributed by atoms with Crippen LogP contribution in [0.15, 0.2) is 24.3 Å². The summed E-state index contributed by atoms with van der Waals surface area (Å²) in [5.41, 5.74) is 5.16. The van der Waals surface area contributed by atoms with E-state index in [4.69, 9.17) is 12.2 Å². The molecule has 27 heavy (non-hydrogen) atoms. The quantitative estimate of drug-likeness (QED) is 0.788. The van der Waals surface area contributed by atoms with Gasteiger partial charge >= 0.3 is 0 Å². The topological polar surface area (TPSA) is 67.2 Å². The van der Waals surface area contributed by atoms with E-state index in [0.717, 1.165) is 22.6 Å². The molecular weight excluding hydrogens is 380 g/mol. The highest BCUT2D eigenvalue weighted by Crippen LogP contribution is 2.27. The van der Waals surface area contributed by atoms with Crippen LogP contribution in [0.5, 0.6) is 0 Å². The van der Waals surface area contributed by atoms with Gasteiger partial charge in [0.25, 0.3) is 0 Å². The number of rotatable bonds is 4. The van der Waals surface area contributed by atoms with Crippen LogP contribution in [0.4, 0.5) is 5.69 Å². The minimum Gasteiger partial charge on any atom is -0.348 e. The minimum atomic E-state index is -2.94. The third-order valence-corrected chi connectivity index (χ3v) is 7.20. The van der Waals surface area contributed by atoms with Crippen molar-refractivity contribution in [2.75, 3.05) is 23.9 Å². The van der Waals surface area contributed by atoms with Crippen LogP contribution < -0.4 is 5.32 Å². The largest absolute Gasteiger partial charge is 0.348 e. The highest BCUT2D eigenvalue weighted by atomic mass is 32.2. The summed E-state index contributed by atoms with van der Waals surface area (Å²) >= 11 is 5.54. The molecule has 2 heterocycles. The zero-order valence-corrected chi connectivity index (χ0v) is 17.8. The van der Waals surface area contributed by atoms with Crippen molar-refractivity contribution in [3.05, 3.63) is 46.8 Å². The van der Waals surface area contributed by atoms with Gasteiger partial charge in [-0.2, -0.15) is 5.10 Å². The van der Waals surface area contributed by atoms with Crippen LogP contribution in [0.25, 0.3) is 0 Å². The van der Waals surface area contributed by atoms with Crippen molar-refractivity contribution in [1.82, 2.24) is 14.7 Å². The lowest BCUT2D eigenvalue weighted by molar-refractivity contribution is 0.479. The first-order chi connectivity index (χ1) is 12.7. The van der Waals surface area contributed by atoms with Crippen LogP contribution in [0, 0.1) is 20.8 Å². The number of aryl methyl sites for hydroxylation is 2. The van der Waals surface area contributed by atoms with Crippen molar-refractivity contribution < 1.29 is 8.42 Å². The van der Waals surface area contributed by atoms with Gasteiger partial charge in [0.1, 0.15) is 0 Å². The van der Waals surface area contributed by atoms with E-state index in [1.165, 1.54) is 5.56 Å². The van der Waals surface area contributed by atoms with Crippen molar-refractivity contribution in [2.45, 2.75) is 39.8 Å². The maximum absolute atomic E-state index is 11.8. The highest BCUT2D eigenvalue weighted by Gasteiger charge is 2.31. The molecule has 1 aromatic heterocycles. The summed E-state index contributed by atoms with van der Waals surface area (Å²) in [7, 11) is -0.995. The lowest BCUT2D eigenvalue weighted by Crippen LogP contribution is -2.31. The van der Waals surface area contributed by atoms with Gasteiger partial charge in [0.2, 0.25) is 0 Å². The Kier molecular flexibility index (Phi) is 5.58. The Morgan fingerprint density at radius 3 is 2.74 bits per heavy atom. The Hall–Kier alpha value is -1.93. The molecule has 1 atom stereocenters. The van der Waals surface area contributed by atoms with E-state index in [1.54, 1.807) is 0 Å². The van der Waals surface area contributed by atoms with Crippen LogP contribution in [-0.4, -0.2) is 46.8 Å². The molecule has 1 aliphatic rings. The number of anilines is 1. The third kappa shape index (κ3) is 4.50. The number of sulfone groups is 1. The molecule has 0 aliphatic carbocycles. The number of hydrogen-bond donors (Lipinski definition) is 1. The number of nitrogens with zero attached hydrogens (tertiary/aromatic N) is 3. The molecule has 0 radical (unpaired) electrons. The van der Waals surface area contributed by atoms with Gasteiger partial charge in [0.15, 0.2) is 14.9 Å². The van der Waals surface area contributed by atoms with E-state index >= 15 is 0 Å². The van der Waals surface area contributed by atoms with E-state index in [1.807, 2.05) is 55.6 Å². The average Bonchev–Trinajstić information content (AvgIpc) is 3.08. The van der Waals surface area contributed by atoms with Gasteiger partial charge in [-0.25, -0.2) is 8.42 Å². The lowest BCUT2D eigenvalue weighted by Gasteiger charge is -2.22. The van der Waals surface area contributed by atoms with Gasteiger partial charge in [0, 0.05) is 30.5 Å². The Morgan fingerprint density at radius 1 is 1.37 bits per heavy atom. The summed E-state index contributed by atoms with van der Waals surface area (Å²) in [6.07, 6.45) is 0.632. The van der Waals surface area contributed by atoms with Crippen molar-refractivity contribution in [2.24, 2.45) is 0 Å². The summed E-state index contributed by atoms with van der Waals surface area (Å²) in [5, 5.41) is 8.53. The SMILES string of the molecule is Cc1cccc(NC(=S)N(C)Cc2c(C)nn([C@@H]3CCS(=O)(=O)C3)c2C)c1. The molecule has 0 spiro atoms. The van der Waals surface area contributed by atoms with E-state index in [0.29, 0.717) is 18.1 Å². The molecule has 0 unspecified atom stereocenters. The van der Waals surface area contributed by atoms with E-state index < -0.39 is 9.84 Å². The van der Waals surface area contributed by atoms with Gasteiger partial charge in [-0.3, -0.25) is 4.68 Å². The first-order valence-electron chi connectivity index (χ1n) is 9.00. The normalized spacial score (nSPS) is 18.4. The van der Waals surface area contributed by atoms with Crippen molar-refractivity contribution in [3.8, 4) is 0 Å². The molecule has 2 aromatic rings. The second kappa shape index (κ2) is 7.59. The summed E-state index contributed by atoms with van der Waals surface area (Å²) in [6.45, 7) is 6.63. The molecule has 0 saturated carbocycles. The van der Waals surface area contributed by atoms with Gasteiger partial charge in [0.05, 0.1) is 23.2 Å². The summed E-state index contributed by atoms with van der Waals surface area (Å²) in [5.74, 6) is 0.424. The average molecular weight is 407 g/mol. The van der Waals surface area contributed by atoms with Gasteiger partial charge < -0.3 is 10.2 Å². The maximum atomic E-state index is 11.8. The fourth-order valence-corrected chi connectivity index (χ4v) is 5.37. The predicted octanol–water partition coefficient (Wildman–Crippen LogP) is 3.00. The van der Waals surface area contributed by atoms with E-state index in [9.17, 15) is 8.42 Å². The molecule has 1 N–H and O–H groups in total. The van der Waals surface area contributed by atoms with Crippen molar-refractivity contribution in [1.29, 1.82) is 0 Å². The monoisotopic (exact) mass is 406 g/mol. The Morgan fingerprint density at radius 2 is 2.11 bits per heavy atom. The van der Waals surface area contributed by atoms with Gasteiger partial charge in [-0.05, 0) is 57.1 Å². The van der Waals surface area contributed by atoms with Crippen LogP contribution in [0.2, 0.25) is 0 Å². The molecule has 146 valence electrons. The zero-order chi connectivity index (χ0) is 19.8. The Labute approximate surface area is 166 Å². The summed E-state index contributed by atoms with van der Waals surface area (Å²) < 4.78 is 25.5. The Bertz CT molecular complexity index is 966. The number of hydrogen-bond acceptors (Lipinski definition) is 4.